The van der Waals surface area contributed by atoms with E-state index in [2.05, 4.69) is 0 Å². The van der Waals surface area contributed by atoms with Crippen LogP contribution >= 0.6 is 0 Å². The number of ether oxygens (including phenoxy) is 1. The molecule has 4 nitrogen and oxygen atoms in total. The third-order valence-electron chi connectivity index (χ3n) is 4.23. The number of ketones is 2. The lowest BCUT2D eigenvalue weighted by molar-refractivity contribution is -0.147. The standard InChI is InChI=1S/C19H24O4/c1-12(2)11-13(3)17(20)16-18(21)15(23-19(16)22)10-9-14-7-5-4-6-8-14/h4-8,12-13,15-16H,9-11H2,1-3H3/t13-,15+,16?/m1/s1. The van der Waals surface area contributed by atoms with Gasteiger partial charge in [-0.2, -0.15) is 0 Å². The molecular formula is C19H24O4. The predicted octanol–water partition coefficient (Wildman–Crippen LogP) is 2.98. The third-order valence-corrected chi connectivity index (χ3v) is 4.23. The van der Waals surface area contributed by atoms with Crippen LogP contribution in [0.25, 0.3) is 0 Å². The van der Waals surface area contributed by atoms with Gasteiger partial charge in [0, 0.05) is 5.92 Å². The second-order valence-electron chi connectivity index (χ2n) is 6.72. The number of rotatable bonds is 7. The van der Waals surface area contributed by atoms with Gasteiger partial charge in [-0.1, -0.05) is 51.1 Å². The van der Waals surface area contributed by atoms with Crippen molar-refractivity contribution < 1.29 is 19.1 Å². The van der Waals surface area contributed by atoms with Crippen LogP contribution in [-0.2, 0) is 25.5 Å². The van der Waals surface area contributed by atoms with Crippen LogP contribution in [0.3, 0.4) is 0 Å². The van der Waals surface area contributed by atoms with Crippen molar-refractivity contribution in [3.05, 3.63) is 35.9 Å². The molecule has 1 aliphatic heterocycles. The molecule has 3 atom stereocenters. The summed E-state index contributed by atoms with van der Waals surface area (Å²) in [7, 11) is 0. The average Bonchev–Trinajstić information content (AvgIpc) is 2.79. The summed E-state index contributed by atoms with van der Waals surface area (Å²) in [5.41, 5.74) is 1.08. The molecule has 23 heavy (non-hydrogen) atoms. The number of esters is 1. The predicted molar refractivity (Wildman–Crippen MR) is 86.8 cm³/mol. The molecule has 1 aromatic carbocycles. The number of carbonyl (C=O) groups is 3. The van der Waals surface area contributed by atoms with Gasteiger partial charge in [0.15, 0.2) is 23.6 Å². The first-order chi connectivity index (χ1) is 10.9. The molecule has 0 aliphatic carbocycles. The zero-order valence-electron chi connectivity index (χ0n) is 14.0. The molecule has 0 radical (unpaired) electrons. The highest BCUT2D eigenvalue weighted by molar-refractivity contribution is 6.22. The number of cyclic esters (lactones) is 1. The van der Waals surface area contributed by atoms with Crippen LogP contribution < -0.4 is 0 Å². The molecule has 1 aromatic rings. The van der Waals surface area contributed by atoms with Crippen LogP contribution in [0.15, 0.2) is 30.3 Å². The van der Waals surface area contributed by atoms with Crippen molar-refractivity contribution in [2.45, 2.75) is 46.1 Å². The van der Waals surface area contributed by atoms with Gasteiger partial charge in [-0.3, -0.25) is 14.4 Å². The number of hydrogen-bond acceptors (Lipinski definition) is 4. The van der Waals surface area contributed by atoms with E-state index >= 15 is 0 Å². The van der Waals surface area contributed by atoms with Crippen molar-refractivity contribution >= 4 is 17.5 Å². The van der Waals surface area contributed by atoms with E-state index in [1.165, 1.54) is 0 Å². The van der Waals surface area contributed by atoms with Gasteiger partial charge in [0.2, 0.25) is 0 Å². The highest BCUT2D eigenvalue weighted by Gasteiger charge is 2.48. The van der Waals surface area contributed by atoms with Gasteiger partial charge in [0.25, 0.3) is 0 Å². The van der Waals surface area contributed by atoms with Crippen molar-refractivity contribution in [2.24, 2.45) is 17.8 Å². The summed E-state index contributed by atoms with van der Waals surface area (Å²) in [6.45, 7) is 5.81. The maximum absolute atomic E-state index is 12.4. The molecule has 1 saturated heterocycles. The van der Waals surface area contributed by atoms with Gasteiger partial charge < -0.3 is 4.74 Å². The van der Waals surface area contributed by atoms with Crippen LogP contribution in [0.5, 0.6) is 0 Å². The number of Topliss-reactive ketones (excluding diaryl/α,β-unsaturated/α-hetero) is 2. The Labute approximate surface area is 137 Å². The summed E-state index contributed by atoms with van der Waals surface area (Å²) in [5.74, 6) is -2.51. The van der Waals surface area contributed by atoms with Crippen molar-refractivity contribution in [1.82, 2.24) is 0 Å². The smallest absolute Gasteiger partial charge is 0.325 e. The lowest BCUT2D eigenvalue weighted by Gasteiger charge is -2.14. The fourth-order valence-corrected chi connectivity index (χ4v) is 3.08. The second-order valence-corrected chi connectivity index (χ2v) is 6.72. The fourth-order valence-electron chi connectivity index (χ4n) is 3.08. The molecule has 1 heterocycles. The summed E-state index contributed by atoms with van der Waals surface area (Å²) in [6.07, 6.45) is 0.956. The molecule has 0 amide bonds. The highest BCUT2D eigenvalue weighted by atomic mass is 16.6. The Bertz CT molecular complexity index is 576. The maximum Gasteiger partial charge on any atom is 0.325 e. The molecule has 0 aromatic heterocycles. The van der Waals surface area contributed by atoms with Crippen LogP contribution in [0, 0.1) is 17.8 Å². The number of benzene rings is 1. The van der Waals surface area contributed by atoms with Gasteiger partial charge in [-0.25, -0.2) is 0 Å². The molecule has 124 valence electrons. The molecule has 0 spiro atoms. The van der Waals surface area contributed by atoms with Crippen molar-refractivity contribution in [2.75, 3.05) is 0 Å². The molecule has 1 unspecified atom stereocenters. The molecule has 4 heteroatoms. The third kappa shape index (κ3) is 4.27. The lowest BCUT2D eigenvalue weighted by atomic mass is 9.85. The minimum atomic E-state index is -1.22. The van der Waals surface area contributed by atoms with Gasteiger partial charge in [-0.05, 0) is 30.7 Å². The molecule has 1 aliphatic rings. The number of carbonyl (C=O) groups excluding carboxylic acids is 3. The van der Waals surface area contributed by atoms with E-state index in [4.69, 9.17) is 4.74 Å². The van der Waals surface area contributed by atoms with Crippen LogP contribution in [0.2, 0.25) is 0 Å². The summed E-state index contributed by atoms with van der Waals surface area (Å²) in [6, 6.07) is 9.72. The Morgan fingerprint density at radius 2 is 1.78 bits per heavy atom. The molecule has 0 saturated carbocycles. The van der Waals surface area contributed by atoms with E-state index < -0.39 is 18.0 Å². The zero-order valence-corrected chi connectivity index (χ0v) is 14.0. The fraction of sp³-hybridized carbons (Fsp3) is 0.526. The molecular weight excluding hydrogens is 292 g/mol. The van der Waals surface area contributed by atoms with E-state index in [1.54, 1.807) is 6.92 Å². The average molecular weight is 316 g/mol. The Balaban J connectivity index is 1.98. The van der Waals surface area contributed by atoms with Crippen LogP contribution in [0.4, 0.5) is 0 Å². The largest absolute Gasteiger partial charge is 0.453 e. The van der Waals surface area contributed by atoms with E-state index in [9.17, 15) is 14.4 Å². The second kappa shape index (κ2) is 7.53. The van der Waals surface area contributed by atoms with Crippen LogP contribution in [0.1, 0.15) is 39.2 Å². The first-order valence-corrected chi connectivity index (χ1v) is 8.22. The van der Waals surface area contributed by atoms with Crippen molar-refractivity contribution in [3.8, 4) is 0 Å². The minimum Gasteiger partial charge on any atom is -0.453 e. The minimum absolute atomic E-state index is 0.295. The SMILES string of the molecule is CC(C)C[C@@H](C)C(=O)C1C(=O)O[C@@H](CCc2ccccc2)C1=O. The van der Waals surface area contributed by atoms with Gasteiger partial charge >= 0.3 is 5.97 Å². The topological polar surface area (TPSA) is 60.4 Å². The summed E-state index contributed by atoms with van der Waals surface area (Å²) in [4.78, 5) is 36.8. The first kappa shape index (κ1) is 17.4. The normalized spacial score (nSPS) is 22.3. The molecule has 0 N–H and O–H groups in total. The Morgan fingerprint density at radius 1 is 1.13 bits per heavy atom. The monoisotopic (exact) mass is 316 g/mol. The zero-order chi connectivity index (χ0) is 17.0. The van der Waals surface area contributed by atoms with Crippen molar-refractivity contribution in [3.63, 3.8) is 0 Å². The summed E-state index contributed by atoms with van der Waals surface area (Å²) >= 11 is 0. The highest BCUT2D eigenvalue weighted by Crippen LogP contribution is 2.26. The van der Waals surface area contributed by atoms with Gasteiger partial charge in [0.05, 0.1) is 0 Å². The molecule has 2 rings (SSSR count). The summed E-state index contributed by atoms with van der Waals surface area (Å²) in [5, 5.41) is 0. The Morgan fingerprint density at radius 3 is 2.39 bits per heavy atom. The first-order valence-electron chi connectivity index (χ1n) is 8.22. The van der Waals surface area contributed by atoms with E-state index in [1.807, 2.05) is 44.2 Å². The quantitative estimate of drug-likeness (QED) is 0.573. The Kier molecular flexibility index (Phi) is 5.69. The van der Waals surface area contributed by atoms with Crippen LogP contribution in [-0.4, -0.2) is 23.6 Å². The van der Waals surface area contributed by atoms with Gasteiger partial charge in [-0.15, -0.1) is 0 Å². The molecule has 0 bridgehead atoms. The number of hydrogen-bond donors (Lipinski definition) is 0. The summed E-state index contributed by atoms with van der Waals surface area (Å²) < 4.78 is 5.17. The molecule has 1 fully saturated rings. The van der Waals surface area contributed by atoms with Crippen molar-refractivity contribution in [1.29, 1.82) is 0 Å². The lowest BCUT2D eigenvalue weighted by Crippen LogP contribution is -2.32. The Hall–Kier alpha value is -1.97. The van der Waals surface area contributed by atoms with Gasteiger partial charge in [0.1, 0.15) is 0 Å². The van der Waals surface area contributed by atoms with E-state index in [0.717, 1.165) is 5.56 Å². The van der Waals surface area contributed by atoms with E-state index in [-0.39, 0.29) is 17.5 Å². The maximum atomic E-state index is 12.4. The number of aryl methyl sites for hydroxylation is 1. The van der Waals surface area contributed by atoms with E-state index in [0.29, 0.717) is 25.2 Å².